The zero-order chi connectivity index (χ0) is 12.7. The van der Waals surface area contributed by atoms with E-state index in [1.54, 1.807) is 0 Å². The fourth-order valence-corrected chi connectivity index (χ4v) is 3.62. The molecule has 0 atom stereocenters. The Morgan fingerprint density at radius 1 is 1.18 bits per heavy atom. The summed E-state index contributed by atoms with van der Waals surface area (Å²) in [6.07, 6.45) is 3.26. The van der Waals surface area contributed by atoms with Crippen molar-refractivity contribution < 1.29 is 19.0 Å². The maximum atomic E-state index is 13.1. The van der Waals surface area contributed by atoms with Gasteiger partial charge in [0.1, 0.15) is 0 Å². The summed E-state index contributed by atoms with van der Waals surface area (Å²) in [5.74, 6) is -2.09. The first-order valence-corrected chi connectivity index (χ1v) is 6.57. The van der Waals surface area contributed by atoms with Crippen molar-refractivity contribution in [1.82, 2.24) is 0 Å². The highest BCUT2D eigenvalue weighted by atomic mass is 19.3. The van der Waals surface area contributed by atoms with Gasteiger partial charge in [-0.15, -0.1) is 0 Å². The van der Waals surface area contributed by atoms with Gasteiger partial charge in [-0.05, 0) is 31.6 Å². The van der Waals surface area contributed by atoms with Crippen molar-refractivity contribution in [2.45, 2.75) is 63.4 Å². The van der Waals surface area contributed by atoms with Gasteiger partial charge >= 0.3 is 0 Å². The van der Waals surface area contributed by atoms with Gasteiger partial charge in [0.05, 0.1) is 12.2 Å². The Kier molecular flexibility index (Phi) is 3.24. The molecular weight excluding hydrogens is 226 g/mol. The van der Waals surface area contributed by atoms with E-state index in [1.165, 1.54) is 0 Å². The Morgan fingerprint density at radius 3 is 2.06 bits per heavy atom. The van der Waals surface area contributed by atoms with E-state index in [-0.39, 0.29) is 19.4 Å². The van der Waals surface area contributed by atoms with Crippen molar-refractivity contribution in [1.29, 1.82) is 0 Å². The summed E-state index contributed by atoms with van der Waals surface area (Å²) < 4.78 is 26.1. The summed E-state index contributed by atoms with van der Waals surface area (Å²) in [5.41, 5.74) is -2.02. The van der Waals surface area contributed by atoms with Crippen molar-refractivity contribution in [2.75, 3.05) is 6.61 Å². The molecule has 0 bridgehead atoms. The molecule has 2 saturated carbocycles. The van der Waals surface area contributed by atoms with Gasteiger partial charge in [-0.25, -0.2) is 8.78 Å². The van der Waals surface area contributed by atoms with E-state index < -0.39 is 16.9 Å². The molecule has 0 saturated heterocycles. The summed E-state index contributed by atoms with van der Waals surface area (Å²) in [7, 11) is 0. The first-order chi connectivity index (χ1) is 7.86. The van der Waals surface area contributed by atoms with Crippen LogP contribution in [0.1, 0.15) is 51.9 Å². The highest BCUT2D eigenvalue weighted by Gasteiger charge is 2.65. The summed E-state index contributed by atoms with van der Waals surface area (Å²) in [4.78, 5) is 0. The molecule has 2 N–H and O–H groups in total. The minimum Gasteiger partial charge on any atom is -0.396 e. The maximum absolute atomic E-state index is 13.1. The molecule has 0 radical (unpaired) electrons. The maximum Gasteiger partial charge on any atom is 0.249 e. The summed E-state index contributed by atoms with van der Waals surface area (Å²) in [6, 6.07) is 0. The fraction of sp³-hybridized carbons (Fsp3) is 1.00. The fourth-order valence-electron chi connectivity index (χ4n) is 3.62. The molecule has 2 nitrogen and oxygen atoms in total. The van der Waals surface area contributed by atoms with Gasteiger partial charge in [0, 0.05) is 18.3 Å². The second-order valence-corrected chi connectivity index (χ2v) is 6.03. The van der Waals surface area contributed by atoms with Crippen LogP contribution in [0.3, 0.4) is 0 Å². The molecule has 0 aromatic rings. The van der Waals surface area contributed by atoms with Gasteiger partial charge in [0.25, 0.3) is 0 Å². The molecule has 2 aliphatic carbocycles. The number of hydrogen-bond donors (Lipinski definition) is 2. The van der Waals surface area contributed by atoms with E-state index in [9.17, 15) is 19.0 Å². The van der Waals surface area contributed by atoms with E-state index >= 15 is 0 Å². The third-order valence-corrected chi connectivity index (χ3v) is 4.99. The average molecular weight is 248 g/mol. The number of rotatable bonds is 3. The molecular formula is C13H22F2O2. The van der Waals surface area contributed by atoms with Crippen LogP contribution in [0, 0.1) is 11.3 Å². The zero-order valence-electron chi connectivity index (χ0n) is 10.4. The predicted molar refractivity (Wildman–Crippen MR) is 60.9 cm³/mol. The summed E-state index contributed by atoms with van der Waals surface area (Å²) in [6.45, 7) is 1.80. The average Bonchev–Trinajstić information content (AvgIpc) is 2.26. The van der Waals surface area contributed by atoms with Gasteiger partial charge < -0.3 is 10.2 Å². The van der Waals surface area contributed by atoms with E-state index in [1.807, 2.05) is 0 Å². The largest absolute Gasteiger partial charge is 0.396 e. The van der Waals surface area contributed by atoms with Crippen LogP contribution in [-0.4, -0.2) is 28.3 Å². The van der Waals surface area contributed by atoms with Crippen LogP contribution in [0.25, 0.3) is 0 Å². The zero-order valence-corrected chi connectivity index (χ0v) is 10.4. The number of aliphatic hydroxyl groups excluding tert-OH is 1. The molecule has 0 aromatic heterocycles. The molecule has 17 heavy (non-hydrogen) atoms. The second-order valence-electron chi connectivity index (χ2n) is 6.03. The number of halogens is 2. The predicted octanol–water partition coefficient (Wildman–Crippen LogP) is 2.73. The lowest BCUT2D eigenvalue weighted by Gasteiger charge is -2.57. The highest BCUT2D eigenvalue weighted by molar-refractivity contribution is 5.11. The number of aliphatic hydroxyl groups is 2. The molecule has 0 spiro atoms. The van der Waals surface area contributed by atoms with Crippen molar-refractivity contribution >= 4 is 0 Å². The molecule has 100 valence electrons. The summed E-state index contributed by atoms with van der Waals surface area (Å²) in [5, 5.41) is 20.0. The quantitative estimate of drug-likeness (QED) is 0.806. The van der Waals surface area contributed by atoms with Gasteiger partial charge in [0.15, 0.2) is 0 Å². The van der Waals surface area contributed by atoms with Crippen LogP contribution in [0.4, 0.5) is 8.78 Å². The van der Waals surface area contributed by atoms with E-state index in [0.717, 1.165) is 19.3 Å². The van der Waals surface area contributed by atoms with Crippen LogP contribution >= 0.6 is 0 Å². The van der Waals surface area contributed by atoms with E-state index in [0.29, 0.717) is 18.8 Å². The Balaban J connectivity index is 2.06. The first-order valence-electron chi connectivity index (χ1n) is 6.57. The monoisotopic (exact) mass is 248 g/mol. The molecule has 2 aliphatic rings. The van der Waals surface area contributed by atoms with Crippen molar-refractivity contribution in [3.8, 4) is 0 Å². The molecule has 0 heterocycles. The van der Waals surface area contributed by atoms with Gasteiger partial charge in [-0.1, -0.05) is 13.3 Å². The third-order valence-electron chi connectivity index (χ3n) is 4.99. The summed E-state index contributed by atoms with van der Waals surface area (Å²) >= 11 is 0. The lowest BCUT2D eigenvalue weighted by Crippen LogP contribution is -2.63. The molecule has 0 aliphatic heterocycles. The van der Waals surface area contributed by atoms with Crippen molar-refractivity contribution in [2.24, 2.45) is 11.3 Å². The smallest absolute Gasteiger partial charge is 0.249 e. The minimum atomic E-state index is -2.69. The second kappa shape index (κ2) is 4.16. The van der Waals surface area contributed by atoms with Crippen LogP contribution in [-0.2, 0) is 0 Å². The molecule has 0 aromatic carbocycles. The van der Waals surface area contributed by atoms with Crippen LogP contribution in [0.15, 0.2) is 0 Å². The Bertz CT molecular complexity index is 275. The number of hydrogen-bond acceptors (Lipinski definition) is 2. The Morgan fingerprint density at radius 2 is 1.71 bits per heavy atom. The molecule has 4 heteroatoms. The Labute approximate surface area is 101 Å². The van der Waals surface area contributed by atoms with Crippen LogP contribution < -0.4 is 0 Å². The normalized spacial score (nSPS) is 39.7. The number of alkyl halides is 2. The molecule has 2 rings (SSSR count). The highest BCUT2D eigenvalue weighted by Crippen LogP contribution is 2.61. The van der Waals surface area contributed by atoms with Crippen molar-refractivity contribution in [3.05, 3.63) is 0 Å². The lowest BCUT2D eigenvalue weighted by atomic mass is 9.53. The third kappa shape index (κ3) is 2.10. The molecule has 0 amide bonds. The van der Waals surface area contributed by atoms with E-state index in [2.05, 4.69) is 6.92 Å². The van der Waals surface area contributed by atoms with E-state index in [4.69, 9.17) is 0 Å². The van der Waals surface area contributed by atoms with Gasteiger partial charge in [-0.3, -0.25) is 0 Å². The van der Waals surface area contributed by atoms with Gasteiger partial charge in [0.2, 0.25) is 5.92 Å². The van der Waals surface area contributed by atoms with Crippen LogP contribution in [0.2, 0.25) is 0 Å². The molecule has 2 fully saturated rings. The minimum absolute atomic E-state index is 0.324. The SMILES string of the molecule is CCC1CCC(O)(C2(CO)CC(F)(F)C2)CC1. The first kappa shape index (κ1) is 13.2. The van der Waals surface area contributed by atoms with Gasteiger partial charge in [-0.2, -0.15) is 0 Å². The molecule has 0 unspecified atom stereocenters. The van der Waals surface area contributed by atoms with Crippen molar-refractivity contribution in [3.63, 3.8) is 0 Å². The van der Waals surface area contributed by atoms with Crippen LogP contribution in [0.5, 0.6) is 0 Å². The lowest BCUT2D eigenvalue weighted by molar-refractivity contribution is -0.261. The Hall–Kier alpha value is -0.220. The topological polar surface area (TPSA) is 40.5 Å². The standard InChI is InChI=1S/C13H22F2O2/c1-2-10-3-5-12(17,6-4-10)11(9-16)7-13(14,15)8-11/h10,16-17H,2-9H2,1H3.